The zero-order valence-corrected chi connectivity index (χ0v) is 23.4. The molecule has 35 heavy (non-hydrogen) atoms. The van der Waals surface area contributed by atoms with E-state index in [-0.39, 0.29) is 17.2 Å². The summed E-state index contributed by atoms with van der Waals surface area (Å²) < 4.78 is 7.81. The van der Waals surface area contributed by atoms with E-state index in [2.05, 4.69) is 42.0 Å². The number of nitrogens with one attached hydrogen (secondary N) is 1. The number of hydrogen-bond donors (Lipinski definition) is 2. The molecule has 4 rings (SSSR count). The second-order valence-corrected chi connectivity index (χ2v) is 17.8. The molecule has 2 atom stereocenters. The third-order valence-corrected chi connectivity index (χ3v) is 9.77. The van der Waals surface area contributed by atoms with Gasteiger partial charge in [-0.3, -0.25) is 9.78 Å². The van der Waals surface area contributed by atoms with Crippen LogP contribution in [0.5, 0.6) is 0 Å². The third-order valence-electron chi connectivity index (χ3n) is 8.07. The number of pyridine rings is 1. The Kier molecular flexibility index (Phi) is 7.55. The minimum Gasteiger partial charge on any atom is -0.360 e. The van der Waals surface area contributed by atoms with Crippen LogP contribution in [-0.2, 0) is 16.3 Å². The normalized spacial score (nSPS) is 19.2. The lowest BCUT2D eigenvalue weighted by atomic mass is 9.66. The molecule has 1 unspecified atom stereocenters. The minimum atomic E-state index is -1.11. The molecule has 1 amide bonds. The van der Waals surface area contributed by atoms with E-state index in [0.717, 1.165) is 35.3 Å². The van der Waals surface area contributed by atoms with Crippen molar-refractivity contribution in [2.24, 2.45) is 23.0 Å². The molecule has 2 aromatic rings. The predicted octanol–water partition coefficient (Wildman–Crippen LogP) is 5.36. The minimum absolute atomic E-state index is 0.0970. The Labute approximate surface area is 211 Å². The summed E-state index contributed by atoms with van der Waals surface area (Å²) in [6.07, 6.45) is 7.75. The topological polar surface area (TPSA) is 95.1 Å². The molecule has 0 aliphatic heterocycles. The Morgan fingerprint density at radius 2 is 2.00 bits per heavy atom. The lowest BCUT2D eigenvalue weighted by Crippen LogP contribution is -2.49. The van der Waals surface area contributed by atoms with Gasteiger partial charge in [0, 0.05) is 25.9 Å². The Hall–Kier alpha value is -2.03. The first kappa shape index (κ1) is 26.0. The van der Waals surface area contributed by atoms with E-state index in [1.165, 1.54) is 32.1 Å². The van der Waals surface area contributed by atoms with Crippen LogP contribution in [0.2, 0.25) is 25.7 Å². The van der Waals surface area contributed by atoms with E-state index in [1.54, 1.807) is 6.20 Å². The number of nitrogens with two attached hydrogens (primary N) is 1. The average Bonchev–Trinajstić information content (AvgIpc) is 3.43. The molecule has 7 nitrogen and oxygen atoms in total. The zero-order valence-electron chi connectivity index (χ0n) is 22.4. The molecule has 2 aliphatic carbocycles. The first-order valence-electron chi connectivity index (χ1n) is 13.1. The summed E-state index contributed by atoms with van der Waals surface area (Å²) in [4.78, 5) is 17.7. The number of aromatic nitrogens is 3. The molecule has 2 fully saturated rings. The highest BCUT2D eigenvalue weighted by Crippen LogP contribution is 2.58. The van der Waals surface area contributed by atoms with Crippen LogP contribution in [-0.4, -0.2) is 41.4 Å². The first-order chi connectivity index (χ1) is 16.5. The maximum absolute atomic E-state index is 13.0. The molecule has 192 valence electrons. The summed E-state index contributed by atoms with van der Waals surface area (Å²) in [5, 5.41) is 7.69. The number of nitrogens with zero attached hydrogens (tertiary/aromatic N) is 3. The smallest absolute Gasteiger partial charge is 0.241 e. The molecular weight excluding hydrogens is 454 g/mol. The van der Waals surface area contributed by atoms with Crippen LogP contribution in [0.1, 0.15) is 50.4 Å². The highest BCUT2D eigenvalue weighted by atomic mass is 28.3. The maximum atomic E-state index is 13.0. The summed E-state index contributed by atoms with van der Waals surface area (Å²) >= 11 is 0. The van der Waals surface area contributed by atoms with Crippen molar-refractivity contribution >= 4 is 19.7 Å². The molecule has 0 radical (unpaired) electrons. The summed E-state index contributed by atoms with van der Waals surface area (Å²) in [5.74, 6) is 0.763. The molecule has 2 aliphatic rings. The SMILES string of the molecule is Cc1nn(COCC[Si](C)(C)C)c(C)c1-c1ccc(NC(=O)[C@@H](N)C(C2CCC2)C2(C)CC2)cn1. The van der Waals surface area contributed by atoms with Crippen molar-refractivity contribution in [2.75, 3.05) is 11.9 Å². The molecule has 0 aromatic carbocycles. The van der Waals surface area contributed by atoms with Gasteiger partial charge in [0.25, 0.3) is 0 Å². The molecule has 2 saturated carbocycles. The molecule has 0 bridgehead atoms. The van der Waals surface area contributed by atoms with E-state index in [4.69, 9.17) is 10.5 Å². The van der Waals surface area contributed by atoms with Crippen LogP contribution >= 0.6 is 0 Å². The largest absolute Gasteiger partial charge is 0.360 e. The lowest BCUT2D eigenvalue weighted by molar-refractivity contribution is -0.120. The Morgan fingerprint density at radius 1 is 1.29 bits per heavy atom. The first-order valence-corrected chi connectivity index (χ1v) is 16.8. The van der Waals surface area contributed by atoms with Crippen molar-refractivity contribution in [3.63, 3.8) is 0 Å². The van der Waals surface area contributed by atoms with Crippen molar-refractivity contribution in [1.29, 1.82) is 0 Å². The number of anilines is 1. The summed E-state index contributed by atoms with van der Waals surface area (Å²) in [5.41, 5.74) is 11.2. The van der Waals surface area contributed by atoms with Crippen molar-refractivity contribution in [2.45, 2.75) is 91.3 Å². The second kappa shape index (κ2) is 10.1. The van der Waals surface area contributed by atoms with Gasteiger partial charge in [-0.05, 0) is 62.1 Å². The molecule has 0 spiro atoms. The lowest BCUT2D eigenvalue weighted by Gasteiger charge is -2.40. The van der Waals surface area contributed by atoms with Gasteiger partial charge in [-0.15, -0.1) is 0 Å². The van der Waals surface area contributed by atoms with E-state index >= 15 is 0 Å². The van der Waals surface area contributed by atoms with Gasteiger partial charge < -0.3 is 15.8 Å². The van der Waals surface area contributed by atoms with Gasteiger partial charge in [0.2, 0.25) is 5.91 Å². The average molecular weight is 498 g/mol. The number of amides is 1. The molecule has 2 heterocycles. The number of carbonyl (C=O) groups is 1. The molecular formula is C27H43N5O2Si. The predicted molar refractivity (Wildman–Crippen MR) is 144 cm³/mol. The quantitative estimate of drug-likeness (QED) is 0.322. The number of rotatable bonds is 11. The van der Waals surface area contributed by atoms with Gasteiger partial charge in [-0.2, -0.15) is 5.10 Å². The summed E-state index contributed by atoms with van der Waals surface area (Å²) in [7, 11) is -1.11. The highest BCUT2D eigenvalue weighted by Gasteiger charge is 2.52. The molecule has 8 heteroatoms. The van der Waals surface area contributed by atoms with Crippen LogP contribution in [0.15, 0.2) is 18.3 Å². The number of carbonyl (C=O) groups excluding carboxylic acids is 1. The van der Waals surface area contributed by atoms with E-state index in [9.17, 15) is 4.79 Å². The fourth-order valence-electron chi connectivity index (χ4n) is 5.35. The van der Waals surface area contributed by atoms with Crippen molar-refractivity contribution < 1.29 is 9.53 Å². The standard InChI is InChI=1S/C27H43N5O2Si/c1-18-23(19(2)32(31-18)17-34-14-15-35(4,5)6)22-11-10-21(16-29-22)30-26(33)25(28)24(20-8-7-9-20)27(3)12-13-27/h10-11,16,20,24-25H,7-9,12-15,17,28H2,1-6H3,(H,30,33)/t24?,25-/m0/s1. The molecule has 0 saturated heterocycles. The zero-order chi connectivity index (χ0) is 25.4. The Morgan fingerprint density at radius 3 is 2.54 bits per heavy atom. The van der Waals surface area contributed by atoms with Crippen LogP contribution in [0.25, 0.3) is 11.3 Å². The Bertz CT molecular complexity index is 1040. The highest BCUT2D eigenvalue weighted by molar-refractivity contribution is 6.76. The van der Waals surface area contributed by atoms with Crippen LogP contribution in [0.3, 0.4) is 0 Å². The third kappa shape index (κ3) is 6.04. The van der Waals surface area contributed by atoms with Crippen LogP contribution < -0.4 is 11.1 Å². The fraction of sp³-hybridized carbons (Fsp3) is 0.667. The summed E-state index contributed by atoms with van der Waals surface area (Å²) in [6, 6.07) is 4.51. The van der Waals surface area contributed by atoms with Gasteiger partial charge >= 0.3 is 0 Å². The monoisotopic (exact) mass is 497 g/mol. The number of hydrogen-bond acceptors (Lipinski definition) is 5. The Balaban J connectivity index is 1.39. The van der Waals surface area contributed by atoms with Crippen LogP contribution in [0, 0.1) is 31.1 Å². The van der Waals surface area contributed by atoms with Crippen molar-refractivity contribution in [1.82, 2.24) is 14.8 Å². The van der Waals surface area contributed by atoms with Crippen molar-refractivity contribution in [3.8, 4) is 11.3 Å². The van der Waals surface area contributed by atoms with Crippen LogP contribution in [0.4, 0.5) is 5.69 Å². The summed E-state index contributed by atoms with van der Waals surface area (Å²) in [6.45, 7) is 14.6. The van der Waals surface area contributed by atoms with Gasteiger partial charge in [0.15, 0.2) is 0 Å². The fourth-order valence-corrected chi connectivity index (χ4v) is 6.11. The van der Waals surface area contributed by atoms with E-state index in [1.807, 2.05) is 30.7 Å². The molecule has 2 aromatic heterocycles. The molecule has 3 N–H and O–H groups in total. The van der Waals surface area contributed by atoms with E-state index < -0.39 is 14.1 Å². The van der Waals surface area contributed by atoms with Gasteiger partial charge in [-0.1, -0.05) is 45.8 Å². The van der Waals surface area contributed by atoms with Crippen molar-refractivity contribution in [3.05, 3.63) is 29.7 Å². The second-order valence-electron chi connectivity index (χ2n) is 12.2. The number of ether oxygens (including phenoxy) is 1. The van der Waals surface area contributed by atoms with Gasteiger partial charge in [0.05, 0.1) is 29.3 Å². The van der Waals surface area contributed by atoms with Gasteiger partial charge in [0.1, 0.15) is 6.73 Å². The number of aryl methyl sites for hydroxylation is 1. The maximum Gasteiger partial charge on any atom is 0.241 e. The van der Waals surface area contributed by atoms with Gasteiger partial charge in [-0.25, -0.2) is 4.68 Å². The van der Waals surface area contributed by atoms with E-state index in [0.29, 0.717) is 18.3 Å².